The molecule has 3 atom stereocenters. The van der Waals surface area contributed by atoms with Crippen molar-refractivity contribution in [2.24, 2.45) is 5.73 Å². The van der Waals surface area contributed by atoms with Gasteiger partial charge in [-0.3, -0.25) is 5.09 Å². The molecule has 8 heteroatoms. The maximum Gasteiger partial charge on any atom is 0.404 e. The van der Waals surface area contributed by atoms with Gasteiger partial charge in [-0.05, 0) is 44.1 Å². The molecule has 0 saturated carbocycles. The first-order valence-corrected chi connectivity index (χ1v) is 9.31. The van der Waals surface area contributed by atoms with E-state index in [1.807, 2.05) is 0 Å². The Morgan fingerprint density at radius 2 is 2.05 bits per heavy atom. The van der Waals surface area contributed by atoms with Gasteiger partial charge in [0.1, 0.15) is 6.04 Å². The first-order valence-electron chi connectivity index (χ1n) is 5.52. The normalized spacial score (nSPS) is 15.3. The molecule has 0 saturated heterocycles. The first-order chi connectivity index (χ1) is 8.74. The molecule has 1 aromatic rings. The van der Waals surface area contributed by atoms with Gasteiger partial charge in [0.05, 0.1) is 0 Å². The number of nitrogens with one attached hydrogen (secondary N) is 1. The van der Waals surface area contributed by atoms with Crippen LogP contribution in [-0.4, -0.2) is 18.9 Å². The first kappa shape index (κ1) is 17.1. The van der Waals surface area contributed by atoms with Crippen molar-refractivity contribution in [3.63, 3.8) is 0 Å². The van der Waals surface area contributed by atoms with Crippen molar-refractivity contribution < 1.29 is 13.2 Å². The molecule has 0 aromatic heterocycles. The molecule has 19 heavy (non-hydrogen) atoms. The van der Waals surface area contributed by atoms with Crippen LogP contribution in [0.25, 0.3) is 0 Å². The van der Waals surface area contributed by atoms with Crippen LogP contribution in [0.1, 0.15) is 11.1 Å². The Morgan fingerprint density at radius 1 is 1.42 bits per heavy atom. The molecule has 108 valence electrons. The van der Waals surface area contributed by atoms with E-state index in [9.17, 15) is 13.2 Å². The molecule has 0 heterocycles. The highest BCUT2D eigenvalue weighted by molar-refractivity contribution is 8.12. The highest BCUT2D eigenvalue weighted by Gasteiger charge is 2.40. The van der Waals surface area contributed by atoms with Crippen molar-refractivity contribution in [1.29, 1.82) is 0 Å². The SMILES string of the molecule is CP(P)NC(Cc1ccc(Cl)cc1CN)C(F)(F)F. The zero-order chi connectivity index (χ0) is 14.6. The van der Waals surface area contributed by atoms with Crippen molar-refractivity contribution in [2.75, 3.05) is 6.66 Å². The van der Waals surface area contributed by atoms with Crippen LogP contribution >= 0.6 is 28.3 Å². The van der Waals surface area contributed by atoms with E-state index < -0.39 is 20.0 Å². The van der Waals surface area contributed by atoms with E-state index in [1.165, 1.54) is 0 Å². The Hall–Kier alpha value is 0.0800. The summed E-state index contributed by atoms with van der Waals surface area (Å²) in [5.41, 5.74) is 6.76. The maximum absolute atomic E-state index is 13.0. The summed E-state index contributed by atoms with van der Waals surface area (Å²) in [6.45, 7) is 1.88. The monoisotopic (exact) mass is 330 g/mol. The highest BCUT2D eigenvalue weighted by Crippen LogP contribution is 2.39. The second-order valence-corrected chi connectivity index (χ2v) is 8.40. The Balaban J connectivity index is 2.96. The van der Waals surface area contributed by atoms with Crippen LogP contribution in [0.4, 0.5) is 13.2 Å². The molecule has 1 rings (SSSR count). The van der Waals surface area contributed by atoms with Crippen molar-refractivity contribution in [3.8, 4) is 0 Å². The van der Waals surface area contributed by atoms with Crippen molar-refractivity contribution >= 4 is 28.3 Å². The van der Waals surface area contributed by atoms with Crippen LogP contribution in [0.15, 0.2) is 18.2 Å². The van der Waals surface area contributed by atoms with E-state index in [0.717, 1.165) is 0 Å². The maximum atomic E-state index is 13.0. The molecular formula is C11H16ClF3N2P2. The van der Waals surface area contributed by atoms with Gasteiger partial charge in [0.15, 0.2) is 0 Å². The largest absolute Gasteiger partial charge is 0.404 e. The molecule has 3 unspecified atom stereocenters. The number of nitrogens with two attached hydrogens (primary N) is 1. The quantitative estimate of drug-likeness (QED) is 0.808. The van der Waals surface area contributed by atoms with Crippen LogP contribution in [0, 0.1) is 0 Å². The molecule has 0 fully saturated rings. The summed E-state index contributed by atoms with van der Waals surface area (Å²) in [6, 6.07) is 3.22. The third-order valence-electron chi connectivity index (χ3n) is 2.57. The molecule has 3 N–H and O–H groups in total. The summed E-state index contributed by atoms with van der Waals surface area (Å²) in [5.74, 6) is 0. The lowest BCUT2D eigenvalue weighted by molar-refractivity contribution is -0.150. The minimum Gasteiger partial charge on any atom is -0.326 e. The average molecular weight is 331 g/mol. The smallest absolute Gasteiger partial charge is 0.326 e. The third kappa shape index (κ3) is 5.53. The molecule has 0 bridgehead atoms. The van der Waals surface area contributed by atoms with E-state index in [0.29, 0.717) is 16.1 Å². The molecule has 0 aliphatic heterocycles. The minimum atomic E-state index is -4.29. The number of halogens is 4. The Labute approximate surface area is 119 Å². The van der Waals surface area contributed by atoms with E-state index in [4.69, 9.17) is 17.3 Å². The van der Waals surface area contributed by atoms with E-state index in [-0.39, 0.29) is 13.0 Å². The van der Waals surface area contributed by atoms with Crippen LogP contribution < -0.4 is 10.8 Å². The number of alkyl halides is 3. The summed E-state index contributed by atoms with van der Waals surface area (Å²) >= 11 is 5.81. The predicted octanol–water partition coefficient (Wildman–Crippen LogP) is 3.68. The standard InChI is InChI=1S/C11H16ClF3N2P2/c1-19(18)17-10(11(13,14)15)5-7-2-3-9(12)4-8(7)6-16/h2-4,10,17H,5-6,16,18H2,1H3. The number of hydrogen-bond acceptors (Lipinski definition) is 2. The topological polar surface area (TPSA) is 38.0 Å². The molecule has 0 amide bonds. The van der Waals surface area contributed by atoms with Crippen LogP contribution in [-0.2, 0) is 13.0 Å². The van der Waals surface area contributed by atoms with Gasteiger partial charge in [-0.1, -0.05) is 26.6 Å². The van der Waals surface area contributed by atoms with Gasteiger partial charge in [0, 0.05) is 11.6 Å². The second kappa shape index (κ2) is 7.19. The van der Waals surface area contributed by atoms with Gasteiger partial charge in [-0.2, -0.15) is 13.2 Å². The highest BCUT2D eigenvalue weighted by atomic mass is 35.5. The van der Waals surface area contributed by atoms with Crippen molar-refractivity contribution in [3.05, 3.63) is 34.3 Å². The fourth-order valence-electron chi connectivity index (χ4n) is 1.68. The van der Waals surface area contributed by atoms with Gasteiger partial charge in [0.2, 0.25) is 0 Å². The molecule has 1 aromatic carbocycles. The Morgan fingerprint density at radius 3 is 2.53 bits per heavy atom. The Kier molecular flexibility index (Phi) is 6.49. The van der Waals surface area contributed by atoms with Crippen LogP contribution in [0.3, 0.4) is 0 Å². The zero-order valence-corrected chi connectivity index (χ0v) is 13.1. The van der Waals surface area contributed by atoms with E-state index in [2.05, 4.69) is 14.0 Å². The van der Waals surface area contributed by atoms with Gasteiger partial charge in [-0.15, -0.1) is 0 Å². The summed E-state index contributed by atoms with van der Waals surface area (Å²) in [5, 5.41) is 3.04. The molecule has 0 radical (unpaired) electrons. The fraction of sp³-hybridized carbons (Fsp3) is 0.455. The molecule has 0 aliphatic carbocycles. The lowest BCUT2D eigenvalue weighted by atomic mass is 10.0. The van der Waals surface area contributed by atoms with Crippen molar-refractivity contribution in [2.45, 2.75) is 25.2 Å². The van der Waals surface area contributed by atoms with Crippen molar-refractivity contribution in [1.82, 2.24) is 5.09 Å². The van der Waals surface area contributed by atoms with Crippen LogP contribution in [0.2, 0.25) is 5.02 Å². The van der Waals surface area contributed by atoms with Gasteiger partial charge in [-0.25, -0.2) is 0 Å². The average Bonchev–Trinajstić information content (AvgIpc) is 2.28. The molecule has 2 nitrogen and oxygen atoms in total. The molecular weight excluding hydrogens is 315 g/mol. The van der Waals surface area contributed by atoms with Gasteiger partial charge in [0.25, 0.3) is 0 Å². The lowest BCUT2D eigenvalue weighted by Gasteiger charge is -2.24. The van der Waals surface area contributed by atoms with Gasteiger partial charge < -0.3 is 5.73 Å². The summed E-state index contributed by atoms with van der Waals surface area (Å²) in [7, 11) is 1.43. The van der Waals surface area contributed by atoms with E-state index in [1.54, 1.807) is 24.9 Å². The predicted molar refractivity (Wildman–Crippen MR) is 78.6 cm³/mol. The molecule has 0 aliphatic rings. The fourth-order valence-corrected chi connectivity index (χ4v) is 3.15. The zero-order valence-electron chi connectivity index (χ0n) is 10.3. The van der Waals surface area contributed by atoms with Crippen LogP contribution in [0.5, 0.6) is 0 Å². The number of hydrogen-bond donors (Lipinski definition) is 2. The summed E-state index contributed by atoms with van der Waals surface area (Å²) in [4.78, 5) is 0. The summed E-state index contributed by atoms with van der Waals surface area (Å²) in [6.07, 6.45) is -4.44. The Bertz CT molecular complexity index is 427. The lowest BCUT2D eigenvalue weighted by Crippen LogP contribution is -2.41. The second-order valence-electron chi connectivity index (χ2n) is 4.16. The van der Waals surface area contributed by atoms with E-state index >= 15 is 0 Å². The molecule has 0 spiro atoms. The number of benzene rings is 1. The summed E-state index contributed by atoms with van der Waals surface area (Å²) < 4.78 is 38.9. The third-order valence-corrected chi connectivity index (χ3v) is 3.97. The number of rotatable bonds is 5. The van der Waals surface area contributed by atoms with Gasteiger partial charge >= 0.3 is 6.18 Å². The minimum absolute atomic E-state index is 0.145.